The number of anilines is 2. The topological polar surface area (TPSA) is 97.6 Å². The molecular formula is C18H21N5O4. The summed E-state index contributed by atoms with van der Waals surface area (Å²) >= 11 is 0. The van der Waals surface area contributed by atoms with Crippen LogP contribution in [0.2, 0.25) is 0 Å². The lowest BCUT2D eigenvalue weighted by atomic mass is 10.0. The maximum atomic E-state index is 12.9. The Kier molecular flexibility index (Phi) is 5.20. The molecule has 1 aromatic heterocycles. The molecule has 9 nitrogen and oxygen atoms in total. The maximum Gasteiger partial charge on any atom is 0.327 e. The van der Waals surface area contributed by atoms with Gasteiger partial charge in [0, 0.05) is 26.7 Å². The van der Waals surface area contributed by atoms with Crippen LogP contribution >= 0.6 is 0 Å². The highest BCUT2D eigenvalue weighted by atomic mass is 16.5. The van der Waals surface area contributed by atoms with Gasteiger partial charge in [-0.05, 0) is 19.1 Å². The summed E-state index contributed by atoms with van der Waals surface area (Å²) in [4.78, 5) is 40.3. The van der Waals surface area contributed by atoms with Crippen LogP contribution in [0.25, 0.3) is 0 Å². The summed E-state index contributed by atoms with van der Waals surface area (Å²) in [7, 11) is 3.30. The van der Waals surface area contributed by atoms with Gasteiger partial charge in [-0.3, -0.25) is 14.4 Å². The fourth-order valence-corrected chi connectivity index (χ4v) is 3.07. The first-order valence-electron chi connectivity index (χ1n) is 8.61. The number of rotatable bonds is 5. The maximum absolute atomic E-state index is 12.9. The minimum Gasteiger partial charge on any atom is -0.465 e. The molecule has 27 heavy (non-hydrogen) atoms. The summed E-state index contributed by atoms with van der Waals surface area (Å²) in [5.41, 5.74) is 1.80. The molecule has 0 spiro atoms. The molecule has 9 heteroatoms. The number of carbonyl (C=O) groups excluding carboxylic acids is 3. The molecule has 0 atom stereocenters. The number of hydrogen-bond donors (Lipinski definition) is 0. The summed E-state index contributed by atoms with van der Waals surface area (Å²) in [6.07, 6.45) is 1.65. The molecule has 2 amide bonds. The standard InChI is InChI=1S/C18H21N5O4/c1-4-27-16(24)11-23-10-12(19-20-23)9-13-17(25)21(2)14-7-5-6-8-15(14)22(3)18(13)26/h5-8,10,13H,4,9,11H2,1-3H3. The highest BCUT2D eigenvalue weighted by Gasteiger charge is 2.37. The number of nitrogens with zero attached hydrogens (tertiary/aromatic N) is 5. The number of ether oxygens (including phenoxy) is 1. The van der Waals surface area contributed by atoms with Crippen molar-refractivity contribution in [3.63, 3.8) is 0 Å². The lowest BCUT2D eigenvalue weighted by Crippen LogP contribution is -2.40. The molecule has 1 aliphatic heterocycles. The van der Waals surface area contributed by atoms with Crippen LogP contribution < -0.4 is 9.80 Å². The molecule has 0 unspecified atom stereocenters. The molecule has 0 radical (unpaired) electrons. The van der Waals surface area contributed by atoms with Gasteiger partial charge in [-0.1, -0.05) is 17.3 Å². The number of para-hydroxylation sites is 2. The smallest absolute Gasteiger partial charge is 0.327 e. The van der Waals surface area contributed by atoms with Crippen LogP contribution in [0.1, 0.15) is 12.6 Å². The van der Waals surface area contributed by atoms with Crippen LogP contribution in [-0.2, 0) is 32.1 Å². The minimum atomic E-state index is -0.917. The SMILES string of the molecule is CCOC(=O)Cn1cc(CC2C(=O)N(C)c3ccccc3N(C)C2=O)nn1. The van der Waals surface area contributed by atoms with Crippen molar-refractivity contribution in [3.8, 4) is 0 Å². The van der Waals surface area contributed by atoms with E-state index in [1.54, 1.807) is 39.3 Å². The van der Waals surface area contributed by atoms with Crippen LogP contribution in [0.4, 0.5) is 11.4 Å². The van der Waals surface area contributed by atoms with Gasteiger partial charge in [-0.15, -0.1) is 5.10 Å². The number of hydrogen-bond acceptors (Lipinski definition) is 6. The van der Waals surface area contributed by atoms with Crippen molar-refractivity contribution < 1.29 is 19.1 Å². The van der Waals surface area contributed by atoms with E-state index in [4.69, 9.17) is 4.74 Å². The molecule has 142 valence electrons. The van der Waals surface area contributed by atoms with Crippen LogP contribution in [-0.4, -0.2) is 53.5 Å². The Morgan fingerprint density at radius 2 is 1.70 bits per heavy atom. The van der Waals surface area contributed by atoms with E-state index in [1.165, 1.54) is 14.5 Å². The Hall–Kier alpha value is -3.23. The van der Waals surface area contributed by atoms with Crippen LogP contribution in [0.3, 0.4) is 0 Å². The molecule has 0 fully saturated rings. The van der Waals surface area contributed by atoms with E-state index in [0.717, 1.165) is 0 Å². The zero-order chi connectivity index (χ0) is 19.6. The molecule has 1 aliphatic rings. The van der Waals surface area contributed by atoms with Crippen molar-refractivity contribution in [1.29, 1.82) is 0 Å². The van der Waals surface area contributed by atoms with Gasteiger partial charge < -0.3 is 14.5 Å². The highest BCUT2D eigenvalue weighted by Crippen LogP contribution is 2.33. The van der Waals surface area contributed by atoms with Gasteiger partial charge >= 0.3 is 5.97 Å². The molecule has 2 heterocycles. The van der Waals surface area contributed by atoms with Crippen molar-refractivity contribution in [3.05, 3.63) is 36.2 Å². The molecule has 0 bridgehead atoms. The Bertz CT molecular complexity index is 837. The predicted molar refractivity (Wildman–Crippen MR) is 97.1 cm³/mol. The number of esters is 1. The summed E-state index contributed by atoms with van der Waals surface area (Å²) in [6.45, 7) is 1.93. The van der Waals surface area contributed by atoms with E-state index in [2.05, 4.69) is 10.3 Å². The number of carbonyl (C=O) groups is 3. The first-order valence-corrected chi connectivity index (χ1v) is 8.61. The van der Waals surface area contributed by atoms with E-state index >= 15 is 0 Å². The summed E-state index contributed by atoms with van der Waals surface area (Å²) in [5.74, 6) is -1.96. The van der Waals surface area contributed by atoms with Gasteiger partial charge in [0.25, 0.3) is 0 Å². The van der Waals surface area contributed by atoms with Crippen molar-refractivity contribution >= 4 is 29.2 Å². The molecule has 3 rings (SSSR count). The molecule has 0 N–H and O–H groups in total. The van der Waals surface area contributed by atoms with E-state index in [1.807, 2.05) is 12.1 Å². The monoisotopic (exact) mass is 371 g/mol. The molecule has 0 saturated carbocycles. The second kappa shape index (κ2) is 7.56. The van der Waals surface area contributed by atoms with E-state index in [0.29, 0.717) is 17.1 Å². The average Bonchev–Trinajstić information content (AvgIpc) is 3.08. The van der Waals surface area contributed by atoms with E-state index in [9.17, 15) is 14.4 Å². The van der Waals surface area contributed by atoms with Crippen molar-refractivity contribution in [2.45, 2.75) is 19.9 Å². The van der Waals surface area contributed by atoms with Gasteiger partial charge in [0.2, 0.25) is 11.8 Å². The first kappa shape index (κ1) is 18.6. The quantitative estimate of drug-likeness (QED) is 0.565. The van der Waals surface area contributed by atoms with E-state index in [-0.39, 0.29) is 31.4 Å². The van der Waals surface area contributed by atoms with Crippen molar-refractivity contribution in [2.24, 2.45) is 5.92 Å². The zero-order valence-electron chi connectivity index (χ0n) is 15.5. The fraction of sp³-hybridized carbons (Fsp3) is 0.389. The largest absolute Gasteiger partial charge is 0.465 e. The van der Waals surface area contributed by atoms with Gasteiger partial charge in [0.1, 0.15) is 12.5 Å². The number of fused-ring (bicyclic) bond motifs is 1. The zero-order valence-corrected chi connectivity index (χ0v) is 15.5. The predicted octanol–water partition coefficient (Wildman–Crippen LogP) is 0.639. The van der Waals surface area contributed by atoms with Crippen molar-refractivity contribution in [2.75, 3.05) is 30.5 Å². The molecule has 0 aliphatic carbocycles. The third kappa shape index (κ3) is 3.67. The van der Waals surface area contributed by atoms with Gasteiger partial charge in [-0.25, -0.2) is 4.68 Å². The Balaban J connectivity index is 1.81. The van der Waals surface area contributed by atoms with Crippen LogP contribution in [0.5, 0.6) is 0 Å². The second-order valence-corrected chi connectivity index (χ2v) is 6.25. The van der Waals surface area contributed by atoms with Crippen molar-refractivity contribution in [1.82, 2.24) is 15.0 Å². The van der Waals surface area contributed by atoms with Gasteiger partial charge in [0.15, 0.2) is 0 Å². The number of aromatic nitrogens is 3. The molecule has 0 saturated heterocycles. The molecule has 2 aromatic rings. The minimum absolute atomic E-state index is 0.0708. The third-order valence-corrected chi connectivity index (χ3v) is 4.46. The fourth-order valence-electron chi connectivity index (χ4n) is 3.07. The Morgan fingerprint density at radius 1 is 1.11 bits per heavy atom. The highest BCUT2D eigenvalue weighted by molar-refractivity contribution is 6.17. The van der Waals surface area contributed by atoms with Gasteiger partial charge in [-0.2, -0.15) is 0 Å². The summed E-state index contributed by atoms with van der Waals surface area (Å²) < 4.78 is 6.21. The Labute approximate surface area is 156 Å². The average molecular weight is 371 g/mol. The normalized spacial score (nSPS) is 14.9. The summed E-state index contributed by atoms with van der Waals surface area (Å²) in [6, 6.07) is 7.24. The molecule has 1 aromatic carbocycles. The third-order valence-electron chi connectivity index (χ3n) is 4.46. The van der Waals surface area contributed by atoms with E-state index < -0.39 is 11.9 Å². The van der Waals surface area contributed by atoms with Crippen LogP contribution in [0.15, 0.2) is 30.5 Å². The Morgan fingerprint density at radius 3 is 2.26 bits per heavy atom. The molecular weight excluding hydrogens is 350 g/mol. The second-order valence-electron chi connectivity index (χ2n) is 6.25. The lowest BCUT2D eigenvalue weighted by Gasteiger charge is -2.19. The summed E-state index contributed by atoms with van der Waals surface area (Å²) in [5, 5.41) is 7.86. The first-order chi connectivity index (χ1) is 12.9. The number of amides is 2. The number of benzene rings is 1. The van der Waals surface area contributed by atoms with Crippen LogP contribution in [0, 0.1) is 5.92 Å². The van der Waals surface area contributed by atoms with Gasteiger partial charge in [0.05, 0.1) is 23.7 Å². The lowest BCUT2D eigenvalue weighted by molar-refractivity contribution is -0.144.